The monoisotopic (exact) mass is 323 g/mol. The molecule has 4 nitrogen and oxygen atoms in total. The highest BCUT2D eigenvalue weighted by atomic mass is 79.9. The van der Waals surface area contributed by atoms with Gasteiger partial charge in [0.15, 0.2) is 0 Å². The van der Waals surface area contributed by atoms with Crippen LogP contribution >= 0.6 is 15.9 Å². The summed E-state index contributed by atoms with van der Waals surface area (Å²) in [6.07, 6.45) is 4.73. The van der Waals surface area contributed by atoms with E-state index in [1.165, 1.54) is 0 Å². The number of nitrogens with two attached hydrogens (primary N) is 1. The maximum atomic E-state index is 5.95. The minimum atomic E-state index is 0.0692. The van der Waals surface area contributed by atoms with Crippen molar-refractivity contribution in [2.75, 3.05) is 6.61 Å². The molecule has 2 N–H and O–H groups in total. The molecule has 1 aromatic heterocycles. The van der Waals surface area contributed by atoms with Gasteiger partial charge in [-0.2, -0.15) is 5.10 Å². The van der Waals surface area contributed by atoms with Gasteiger partial charge in [0.1, 0.15) is 12.4 Å². The average Bonchev–Trinajstić information content (AvgIpc) is 2.87. The third kappa shape index (κ3) is 4.08. The molecule has 1 atom stereocenters. The van der Waals surface area contributed by atoms with E-state index in [0.29, 0.717) is 13.2 Å². The molecule has 2 aromatic rings. The van der Waals surface area contributed by atoms with Crippen LogP contribution in [0.3, 0.4) is 0 Å². The van der Waals surface area contributed by atoms with E-state index in [-0.39, 0.29) is 6.04 Å². The molecule has 2 rings (SSSR count). The summed E-state index contributed by atoms with van der Waals surface area (Å²) in [5.41, 5.74) is 7.03. The fourth-order valence-electron chi connectivity index (χ4n) is 1.74. The highest BCUT2D eigenvalue weighted by Crippen LogP contribution is 2.17. The second-order valence-corrected chi connectivity index (χ2v) is 5.27. The van der Waals surface area contributed by atoms with E-state index in [4.69, 9.17) is 10.5 Å². The van der Waals surface area contributed by atoms with E-state index < -0.39 is 0 Å². The van der Waals surface area contributed by atoms with Crippen LogP contribution in [0.1, 0.15) is 24.9 Å². The topological polar surface area (TPSA) is 53.1 Å². The van der Waals surface area contributed by atoms with Gasteiger partial charge >= 0.3 is 0 Å². The Morgan fingerprint density at radius 3 is 3.05 bits per heavy atom. The first-order chi connectivity index (χ1) is 9.19. The van der Waals surface area contributed by atoms with Gasteiger partial charge in [0.2, 0.25) is 0 Å². The molecule has 1 aromatic carbocycles. The van der Waals surface area contributed by atoms with Crippen LogP contribution in [0.2, 0.25) is 0 Å². The largest absolute Gasteiger partial charge is 0.492 e. The maximum absolute atomic E-state index is 5.95. The van der Waals surface area contributed by atoms with Crippen molar-refractivity contribution in [2.24, 2.45) is 5.73 Å². The zero-order valence-electron chi connectivity index (χ0n) is 10.9. The second-order valence-electron chi connectivity index (χ2n) is 4.36. The van der Waals surface area contributed by atoms with Crippen molar-refractivity contribution in [1.29, 1.82) is 0 Å². The predicted molar refractivity (Wildman–Crippen MR) is 79.1 cm³/mol. The molecule has 0 saturated carbocycles. The van der Waals surface area contributed by atoms with Gasteiger partial charge in [0.05, 0.1) is 12.7 Å². The number of benzene rings is 1. The van der Waals surface area contributed by atoms with Crippen LogP contribution in [0.4, 0.5) is 0 Å². The number of aromatic nitrogens is 2. The molecule has 5 heteroatoms. The molecule has 19 heavy (non-hydrogen) atoms. The zero-order chi connectivity index (χ0) is 13.7. The van der Waals surface area contributed by atoms with Crippen LogP contribution in [0.25, 0.3) is 0 Å². The van der Waals surface area contributed by atoms with Crippen LogP contribution in [0.5, 0.6) is 5.75 Å². The van der Waals surface area contributed by atoms with Crippen molar-refractivity contribution < 1.29 is 4.74 Å². The Hall–Kier alpha value is -1.33. The Morgan fingerprint density at radius 1 is 1.47 bits per heavy atom. The highest BCUT2D eigenvalue weighted by molar-refractivity contribution is 9.10. The fraction of sp³-hybridized carbons (Fsp3) is 0.357. The molecular weight excluding hydrogens is 306 g/mol. The summed E-state index contributed by atoms with van der Waals surface area (Å²) in [7, 11) is 0. The first-order valence-corrected chi connectivity index (χ1v) is 7.14. The minimum Gasteiger partial charge on any atom is -0.492 e. The van der Waals surface area contributed by atoms with Gasteiger partial charge in [-0.15, -0.1) is 0 Å². The summed E-state index contributed by atoms with van der Waals surface area (Å²) < 4.78 is 8.54. The number of nitrogens with zero attached hydrogens (tertiary/aromatic N) is 2. The molecule has 0 amide bonds. The number of ether oxygens (including phenoxy) is 1. The molecule has 1 heterocycles. The van der Waals surface area contributed by atoms with Crippen LogP contribution in [-0.4, -0.2) is 16.4 Å². The van der Waals surface area contributed by atoms with E-state index in [1.807, 2.05) is 41.3 Å². The summed E-state index contributed by atoms with van der Waals surface area (Å²) in [5.74, 6) is 0.854. The smallest absolute Gasteiger partial charge is 0.120 e. The van der Waals surface area contributed by atoms with Gasteiger partial charge in [-0.05, 0) is 24.6 Å². The Labute approximate surface area is 121 Å². The van der Waals surface area contributed by atoms with Crippen LogP contribution in [-0.2, 0) is 6.54 Å². The molecule has 0 saturated heterocycles. The SMILES string of the molecule is CCC(N)c1cnn(CCOc2cccc(Br)c2)c1. The summed E-state index contributed by atoms with van der Waals surface area (Å²) >= 11 is 3.41. The first kappa shape index (κ1) is 14.1. The van der Waals surface area contributed by atoms with E-state index in [0.717, 1.165) is 22.2 Å². The summed E-state index contributed by atoms with van der Waals surface area (Å²) in [6, 6.07) is 7.87. The minimum absolute atomic E-state index is 0.0692. The van der Waals surface area contributed by atoms with Gasteiger partial charge in [-0.3, -0.25) is 4.68 Å². The standard InChI is InChI=1S/C14H18BrN3O/c1-2-14(16)11-9-17-18(10-11)6-7-19-13-5-3-4-12(15)8-13/h3-5,8-10,14H,2,6-7,16H2,1H3. The first-order valence-electron chi connectivity index (χ1n) is 6.35. The third-order valence-corrected chi connectivity index (χ3v) is 3.40. The van der Waals surface area contributed by atoms with Crippen molar-refractivity contribution in [3.05, 3.63) is 46.7 Å². The number of hydrogen-bond donors (Lipinski definition) is 1. The molecule has 0 radical (unpaired) electrons. The van der Waals surface area contributed by atoms with Gasteiger partial charge in [0.25, 0.3) is 0 Å². The van der Waals surface area contributed by atoms with Gasteiger partial charge in [0, 0.05) is 22.3 Å². The molecule has 0 aliphatic heterocycles. The van der Waals surface area contributed by atoms with Crippen molar-refractivity contribution in [3.8, 4) is 5.75 Å². The second kappa shape index (κ2) is 6.73. The quantitative estimate of drug-likeness (QED) is 0.888. The Balaban J connectivity index is 1.84. The summed E-state index contributed by atoms with van der Waals surface area (Å²) in [5, 5.41) is 4.28. The van der Waals surface area contributed by atoms with Crippen molar-refractivity contribution in [1.82, 2.24) is 9.78 Å². The van der Waals surface area contributed by atoms with Crippen LogP contribution < -0.4 is 10.5 Å². The average molecular weight is 324 g/mol. The lowest BCUT2D eigenvalue weighted by Gasteiger charge is -2.07. The fourth-order valence-corrected chi connectivity index (χ4v) is 2.12. The molecule has 0 spiro atoms. The van der Waals surface area contributed by atoms with Crippen molar-refractivity contribution in [3.63, 3.8) is 0 Å². The molecule has 0 aliphatic carbocycles. The van der Waals surface area contributed by atoms with Gasteiger partial charge in [-0.25, -0.2) is 0 Å². The zero-order valence-corrected chi connectivity index (χ0v) is 12.5. The van der Waals surface area contributed by atoms with Crippen molar-refractivity contribution >= 4 is 15.9 Å². The number of halogens is 1. The van der Waals surface area contributed by atoms with Crippen molar-refractivity contribution in [2.45, 2.75) is 25.9 Å². The Kier molecular flexibility index (Phi) is 4.99. The highest BCUT2D eigenvalue weighted by Gasteiger charge is 2.06. The van der Waals surface area contributed by atoms with E-state index in [1.54, 1.807) is 0 Å². The lowest BCUT2D eigenvalue weighted by molar-refractivity contribution is 0.291. The lowest BCUT2D eigenvalue weighted by atomic mass is 10.1. The summed E-state index contributed by atoms with van der Waals surface area (Å²) in [4.78, 5) is 0. The molecule has 0 fully saturated rings. The van der Waals surface area contributed by atoms with E-state index in [9.17, 15) is 0 Å². The molecule has 0 aliphatic rings. The number of hydrogen-bond acceptors (Lipinski definition) is 3. The Bertz CT molecular complexity index is 527. The van der Waals surface area contributed by atoms with E-state index in [2.05, 4.69) is 28.0 Å². The normalized spacial score (nSPS) is 12.4. The molecule has 0 bridgehead atoms. The van der Waals surface area contributed by atoms with Gasteiger partial charge in [-0.1, -0.05) is 28.9 Å². The maximum Gasteiger partial charge on any atom is 0.120 e. The summed E-state index contributed by atoms with van der Waals surface area (Å²) in [6.45, 7) is 3.36. The van der Waals surface area contributed by atoms with Crippen LogP contribution in [0, 0.1) is 0 Å². The lowest BCUT2D eigenvalue weighted by Crippen LogP contribution is -2.09. The molecule has 1 unspecified atom stereocenters. The van der Waals surface area contributed by atoms with E-state index >= 15 is 0 Å². The van der Waals surface area contributed by atoms with Gasteiger partial charge < -0.3 is 10.5 Å². The van der Waals surface area contributed by atoms with Crippen LogP contribution in [0.15, 0.2) is 41.1 Å². The molecule has 102 valence electrons. The predicted octanol–water partition coefficient (Wildman–Crippen LogP) is 3.13. The third-order valence-electron chi connectivity index (χ3n) is 2.91. The Morgan fingerprint density at radius 2 is 2.32 bits per heavy atom. The molecular formula is C14H18BrN3O. The number of rotatable bonds is 6.